The zero-order chi connectivity index (χ0) is 14.6. The molecule has 0 saturated heterocycles. The molecule has 3 nitrogen and oxygen atoms in total. The summed E-state index contributed by atoms with van der Waals surface area (Å²) in [5, 5.41) is 0.704. The third-order valence-corrected chi connectivity index (χ3v) is 4.27. The zero-order valence-corrected chi connectivity index (χ0v) is 12.1. The summed E-state index contributed by atoms with van der Waals surface area (Å²) in [4.78, 5) is 17.6. The highest BCUT2D eigenvalue weighted by Gasteiger charge is 2.24. The van der Waals surface area contributed by atoms with E-state index in [1.165, 1.54) is 5.56 Å². The number of aromatic nitrogens is 2. The van der Waals surface area contributed by atoms with E-state index in [0.717, 1.165) is 28.9 Å². The van der Waals surface area contributed by atoms with Crippen LogP contribution in [-0.2, 0) is 6.42 Å². The van der Waals surface area contributed by atoms with Gasteiger partial charge in [-0.1, -0.05) is 30.3 Å². The highest BCUT2D eigenvalue weighted by atomic mass is 16.1. The quantitative estimate of drug-likeness (QED) is 0.630. The van der Waals surface area contributed by atoms with Crippen LogP contribution in [0.1, 0.15) is 24.1 Å². The molecule has 2 heterocycles. The maximum Gasteiger partial charge on any atom is 0.261 e. The van der Waals surface area contributed by atoms with Crippen LogP contribution in [0.5, 0.6) is 0 Å². The molecule has 0 radical (unpaired) electrons. The van der Waals surface area contributed by atoms with Gasteiger partial charge in [-0.25, -0.2) is 4.98 Å². The summed E-state index contributed by atoms with van der Waals surface area (Å²) >= 11 is 0. The maximum absolute atomic E-state index is 12.8. The van der Waals surface area contributed by atoms with Gasteiger partial charge >= 0.3 is 0 Å². The van der Waals surface area contributed by atoms with Crippen molar-refractivity contribution in [1.29, 1.82) is 0 Å². The zero-order valence-electron chi connectivity index (χ0n) is 12.1. The van der Waals surface area contributed by atoms with Crippen LogP contribution in [0.2, 0.25) is 0 Å². The van der Waals surface area contributed by atoms with Gasteiger partial charge in [-0.2, -0.15) is 0 Å². The molecule has 21 heavy (non-hydrogen) atoms. The lowest BCUT2D eigenvalue weighted by Gasteiger charge is -2.26. The molecule has 4 rings (SSSR count). The molecule has 3 aromatic rings. The normalized spacial score (nSPS) is 16.6. The summed E-state index contributed by atoms with van der Waals surface area (Å²) < 4.78 is 1.85. The maximum atomic E-state index is 12.8. The van der Waals surface area contributed by atoms with Crippen molar-refractivity contribution in [3.8, 4) is 11.4 Å². The Morgan fingerprint density at radius 2 is 2.00 bits per heavy atom. The van der Waals surface area contributed by atoms with Crippen LogP contribution in [0.15, 0.2) is 47.3 Å². The van der Waals surface area contributed by atoms with Crippen molar-refractivity contribution in [1.82, 2.24) is 9.55 Å². The van der Waals surface area contributed by atoms with Gasteiger partial charge in [-0.15, -0.1) is 0 Å². The monoisotopic (exact) mass is 276 g/mol. The van der Waals surface area contributed by atoms with Gasteiger partial charge in [0.15, 0.2) is 0 Å². The second kappa shape index (κ2) is 4.29. The van der Waals surface area contributed by atoms with Crippen molar-refractivity contribution < 1.29 is 0 Å². The van der Waals surface area contributed by atoms with Gasteiger partial charge in [0.05, 0.1) is 10.9 Å². The van der Waals surface area contributed by atoms with E-state index in [0.29, 0.717) is 5.39 Å². The Labute approximate surface area is 122 Å². The van der Waals surface area contributed by atoms with Crippen molar-refractivity contribution in [2.24, 2.45) is 0 Å². The van der Waals surface area contributed by atoms with Crippen LogP contribution in [0, 0.1) is 6.92 Å². The van der Waals surface area contributed by atoms with Crippen molar-refractivity contribution in [3.63, 3.8) is 0 Å². The number of nitrogens with zero attached hydrogens (tertiary/aromatic N) is 2. The molecule has 0 spiro atoms. The summed E-state index contributed by atoms with van der Waals surface area (Å²) in [7, 11) is 0. The second-order valence-corrected chi connectivity index (χ2v) is 5.84. The van der Waals surface area contributed by atoms with E-state index in [1.807, 2.05) is 41.8 Å². The van der Waals surface area contributed by atoms with E-state index in [2.05, 4.69) is 19.1 Å². The van der Waals surface area contributed by atoms with E-state index in [4.69, 9.17) is 4.98 Å². The van der Waals surface area contributed by atoms with E-state index >= 15 is 0 Å². The first-order chi connectivity index (χ1) is 10.1. The van der Waals surface area contributed by atoms with Gasteiger partial charge in [0, 0.05) is 11.6 Å². The lowest BCUT2D eigenvalue weighted by molar-refractivity contribution is 0.516. The molecule has 1 aliphatic rings. The first-order valence-electron chi connectivity index (χ1n) is 7.26. The fraction of sp³-hybridized carbons (Fsp3) is 0.222. The molecule has 3 heteroatoms. The fourth-order valence-corrected chi connectivity index (χ4v) is 3.23. The average Bonchev–Trinajstić information content (AvgIpc) is 2.46. The van der Waals surface area contributed by atoms with Gasteiger partial charge in [0.25, 0.3) is 5.56 Å². The van der Waals surface area contributed by atoms with E-state index in [-0.39, 0.29) is 11.6 Å². The lowest BCUT2D eigenvalue weighted by Crippen LogP contribution is -2.30. The molecule has 0 amide bonds. The molecular formula is C18H16N2O. The van der Waals surface area contributed by atoms with E-state index < -0.39 is 0 Å². The number of aryl methyl sites for hydroxylation is 1. The van der Waals surface area contributed by atoms with Gasteiger partial charge in [0.2, 0.25) is 0 Å². The van der Waals surface area contributed by atoms with Gasteiger partial charge in [-0.3, -0.25) is 9.36 Å². The molecule has 1 atom stereocenters. The minimum Gasteiger partial charge on any atom is -0.289 e. The van der Waals surface area contributed by atoms with Crippen molar-refractivity contribution in [2.75, 3.05) is 0 Å². The van der Waals surface area contributed by atoms with Crippen LogP contribution < -0.4 is 5.56 Å². The van der Waals surface area contributed by atoms with Crippen LogP contribution in [0.4, 0.5) is 0 Å². The minimum absolute atomic E-state index is 0.0667. The minimum atomic E-state index is 0.0667. The predicted octanol–water partition coefficient (Wildman–Crippen LogP) is 3.49. The largest absolute Gasteiger partial charge is 0.289 e. The van der Waals surface area contributed by atoms with Crippen LogP contribution >= 0.6 is 0 Å². The van der Waals surface area contributed by atoms with Gasteiger partial charge in [-0.05, 0) is 43.5 Å². The third kappa shape index (κ3) is 1.74. The van der Waals surface area contributed by atoms with Crippen molar-refractivity contribution in [3.05, 3.63) is 63.9 Å². The molecular weight excluding hydrogens is 260 g/mol. The summed E-state index contributed by atoms with van der Waals surface area (Å²) in [5.41, 5.74) is 4.32. The van der Waals surface area contributed by atoms with Crippen LogP contribution in [0.3, 0.4) is 0 Å². The molecule has 0 aliphatic carbocycles. The molecule has 1 aliphatic heterocycles. The first kappa shape index (κ1) is 12.3. The second-order valence-electron chi connectivity index (χ2n) is 5.84. The van der Waals surface area contributed by atoms with Gasteiger partial charge in [0.1, 0.15) is 5.82 Å². The Morgan fingerprint density at radius 3 is 2.86 bits per heavy atom. The standard InChI is InChI=1S/C18H16N2O/c1-11-7-8-15-16(9-11)19-17-14-6-4-3-5-13(14)10-12(2)20(17)18(15)21/h3-9,12H,10H2,1-2H3. The smallest absolute Gasteiger partial charge is 0.261 e. The average molecular weight is 276 g/mol. The molecule has 104 valence electrons. The molecule has 1 aromatic heterocycles. The van der Waals surface area contributed by atoms with E-state index in [1.54, 1.807) is 0 Å². The predicted molar refractivity (Wildman–Crippen MR) is 84.6 cm³/mol. The van der Waals surface area contributed by atoms with E-state index in [9.17, 15) is 4.79 Å². The van der Waals surface area contributed by atoms with Crippen LogP contribution in [0.25, 0.3) is 22.3 Å². The lowest BCUT2D eigenvalue weighted by atomic mass is 9.95. The Morgan fingerprint density at radius 1 is 1.19 bits per heavy atom. The summed E-state index contributed by atoms with van der Waals surface area (Å²) in [6.07, 6.45) is 0.877. The van der Waals surface area contributed by atoms with Gasteiger partial charge < -0.3 is 0 Å². The highest BCUT2D eigenvalue weighted by molar-refractivity contribution is 5.81. The topological polar surface area (TPSA) is 34.9 Å². The van der Waals surface area contributed by atoms with Crippen molar-refractivity contribution in [2.45, 2.75) is 26.3 Å². The highest BCUT2D eigenvalue weighted by Crippen LogP contribution is 2.32. The summed E-state index contributed by atoms with van der Waals surface area (Å²) in [6, 6.07) is 14.2. The first-order valence-corrected chi connectivity index (χ1v) is 7.26. The molecule has 0 N–H and O–H groups in total. The molecule has 1 unspecified atom stereocenters. The molecule has 0 saturated carbocycles. The SMILES string of the molecule is Cc1ccc2c(=O)n3c(nc2c1)-c1ccccc1CC3C. The number of hydrogen-bond acceptors (Lipinski definition) is 2. The Kier molecular flexibility index (Phi) is 2.52. The number of benzene rings is 2. The number of fused-ring (bicyclic) bond motifs is 4. The number of rotatable bonds is 0. The van der Waals surface area contributed by atoms with Crippen molar-refractivity contribution >= 4 is 10.9 Å². The fourth-order valence-electron chi connectivity index (χ4n) is 3.23. The Bertz CT molecular complexity index is 924. The third-order valence-electron chi connectivity index (χ3n) is 4.27. The molecule has 0 fully saturated rings. The summed E-state index contributed by atoms with van der Waals surface area (Å²) in [6.45, 7) is 4.11. The molecule has 0 bridgehead atoms. The Balaban J connectivity index is 2.16. The Hall–Kier alpha value is -2.42. The number of hydrogen-bond donors (Lipinski definition) is 0. The van der Waals surface area contributed by atoms with Crippen LogP contribution in [-0.4, -0.2) is 9.55 Å². The summed E-state index contributed by atoms with van der Waals surface area (Å²) in [5.74, 6) is 0.799. The molecule has 2 aromatic carbocycles.